The van der Waals surface area contributed by atoms with Crippen LogP contribution in [-0.2, 0) is 20.4 Å². The van der Waals surface area contributed by atoms with Crippen molar-refractivity contribution in [3.05, 3.63) is 62.7 Å². The highest BCUT2D eigenvalue weighted by atomic mass is 35.5. The maximum absolute atomic E-state index is 12.8. The average molecular weight is 510 g/mol. The van der Waals surface area contributed by atoms with E-state index in [0.717, 1.165) is 30.3 Å². The number of alkyl halides is 4. The summed E-state index contributed by atoms with van der Waals surface area (Å²) < 4.78 is 53.6. The molecule has 13 heteroatoms. The van der Waals surface area contributed by atoms with Gasteiger partial charge in [-0.25, -0.2) is 4.79 Å². The van der Waals surface area contributed by atoms with Gasteiger partial charge in [0.05, 0.1) is 21.4 Å². The maximum Gasteiger partial charge on any atom is 0.416 e. The van der Waals surface area contributed by atoms with E-state index in [9.17, 15) is 32.9 Å². The first-order chi connectivity index (χ1) is 15.4. The Hall–Kier alpha value is -2.89. The SMILES string of the molecule is CC(OCC(=O)c1cc(Oc2ccc(C(F)(F)F)cc2Cl)ccc1[N+](=O)[O-])C(=O)OCCCl. The lowest BCUT2D eigenvalue weighted by Gasteiger charge is -2.13. The molecule has 0 aromatic heterocycles. The number of nitro groups is 1. The topological polar surface area (TPSA) is 105 Å². The molecule has 0 aliphatic heterocycles. The number of nitrogens with zero attached hydrogens (tertiary/aromatic N) is 1. The van der Waals surface area contributed by atoms with Crippen LogP contribution in [0.5, 0.6) is 11.5 Å². The standard InChI is InChI=1S/C20H16Cl2F3NO7/c1-11(19(28)31-7-6-21)32-10-17(27)14-9-13(3-4-16(14)26(29)30)33-18-5-2-12(8-15(18)22)20(23,24)25/h2-5,8-9,11H,6-7,10H2,1H3. The number of esters is 1. The van der Waals surface area contributed by atoms with E-state index in [1.54, 1.807) is 0 Å². The van der Waals surface area contributed by atoms with Crippen molar-refractivity contribution in [1.29, 1.82) is 0 Å². The Kier molecular flexibility index (Phi) is 9.03. The Morgan fingerprint density at radius 1 is 1.18 bits per heavy atom. The van der Waals surface area contributed by atoms with Gasteiger partial charge in [-0.3, -0.25) is 14.9 Å². The molecule has 0 aliphatic rings. The molecule has 0 saturated carbocycles. The fraction of sp³-hybridized carbons (Fsp3) is 0.300. The van der Waals surface area contributed by atoms with E-state index >= 15 is 0 Å². The molecule has 0 N–H and O–H groups in total. The molecule has 0 radical (unpaired) electrons. The number of hydrogen-bond acceptors (Lipinski definition) is 7. The average Bonchev–Trinajstić information content (AvgIpc) is 2.75. The summed E-state index contributed by atoms with van der Waals surface area (Å²) in [5.41, 5.74) is -1.95. The Morgan fingerprint density at radius 2 is 1.88 bits per heavy atom. The molecule has 2 aromatic carbocycles. The van der Waals surface area contributed by atoms with Crippen molar-refractivity contribution in [2.24, 2.45) is 0 Å². The first-order valence-corrected chi connectivity index (χ1v) is 10.1. The Morgan fingerprint density at radius 3 is 2.45 bits per heavy atom. The van der Waals surface area contributed by atoms with Crippen molar-refractivity contribution in [1.82, 2.24) is 0 Å². The minimum atomic E-state index is -4.61. The summed E-state index contributed by atoms with van der Waals surface area (Å²) in [5.74, 6) is -1.81. The number of Topliss-reactive ketones (excluding diaryl/α,β-unsaturated/α-hetero) is 1. The summed E-state index contributed by atoms with van der Waals surface area (Å²) in [7, 11) is 0. The number of ketones is 1. The molecular formula is C20H16Cl2F3NO7. The van der Waals surface area contributed by atoms with Gasteiger partial charge in [0.15, 0.2) is 11.9 Å². The fourth-order valence-corrected chi connectivity index (χ4v) is 2.75. The molecular weight excluding hydrogens is 494 g/mol. The van der Waals surface area contributed by atoms with Gasteiger partial charge in [0.25, 0.3) is 5.69 Å². The highest BCUT2D eigenvalue weighted by Crippen LogP contribution is 2.37. The number of hydrogen-bond donors (Lipinski definition) is 0. The largest absolute Gasteiger partial charge is 0.463 e. The zero-order chi connectivity index (χ0) is 24.8. The maximum atomic E-state index is 12.8. The third kappa shape index (κ3) is 7.31. The van der Waals surface area contributed by atoms with Gasteiger partial charge in [-0.15, -0.1) is 11.6 Å². The van der Waals surface area contributed by atoms with Gasteiger partial charge in [-0.1, -0.05) is 11.6 Å². The number of ether oxygens (including phenoxy) is 3. The van der Waals surface area contributed by atoms with E-state index in [2.05, 4.69) is 0 Å². The predicted octanol–water partition coefficient (Wildman–Crippen LogP) is 5.43. The predicted molar refractivity (Wildman–Crippen MR) is 111 cm³/mol. The van der Waals surface area contributed by atoms with Crippen LogP contribution in [0.25, 0.3) is 0 Å². The number of nitro benzene ring substituents is 1. The minimum Gasteiger partial charge on any atom is -0.463 e. The van der Waals surface area contributed by atoms with Crippen molar-refractivity contribution in [2.45, 2.75) is 19.2 Å². The number of rotatable bonds is 10. The highest BCUT2D eigenvalue weighted by molar-refractivity contribution is 6.32. The molecule has 0 spiro atoms. The van der Waals surface area contributed by atoms with E-state index < -0.39 is 52.4 Å². The van der Waals surface area contributed by atoms with Gasteiger partial charge in [-0.05, 0) is 37.3 Å². The van der Waals surface area contributed by atoms with Crippen LogP contribution in [0.2, 0.25) is 5.02 Å². The zero-order valence-corrected chi connectivity index (χ0v) is 18.4. The molecule has 0 saturated heterocycles. The van der Waals surface area contributed by atoms with Crippen LogP contribution in [-0.4, -0.2) is 41.9 Å². The normalized spacial score (nSPS) is 12.2. The summed E-state index contributed by atoms with van der Waals surface area (Å²) in [6.45, 7) is 0.576. The van der Waals surface area contributed by atoms with Crippen LogP contribution in [0.1, 0.15) is 22.8 Å². The monoisotopic (exact) mass is 509 g/mol. The second kappa shape index (κ2) is 11.3. The summed E-state index contributed by atoms with van der Waals surface area (Å²) in [6, 6.07) is 5.54. The van der Waals surface area contributed by atoms with Crippen molar-refractivity contribution in [3.63, 3.8) is 0 Å². The number of benzene rings is 2. The lowest BCUT2D eigenvalue weighted by molar-refractivity contribution is -0.385. The van der Waals surface area contributed by atoms with Crippen molar-refractivity contribution >= 4 is 40.6 Å². The van der Waals surface area contributed by atoms with E-state index in [1.807, 2.05) is 0 Å². The van der Waals surface area contributed by atoms with Crippen molar-refractivity contribution in [2.75, 3.05) is 19.1 Å². The van der Waals surface area contributed by atoms with Gasteiger partial charge in [0, 0.05) is 6.07 Å². The number of carbonyl (C=O) groups excluding carboxylic acids is 2. The van der Waals surface area contributed by atoms with Gasteiger partial charge in [0.2, 0.25) is 0 Å². The molecule has 0 amide bonds. The zero-order valence-electron chi connectivity index (χ0n) is 16.9. The van der Waals surface area contributed by atoms with E-state index in [1.165, 1.54) is 6.92 Å². The Labute approximate surface area is 195 Å². The molecule has 0 bridgehead atoms. The lowest BCUT2D eigenvalue weighted by Crippen LogP contribution is -2.26. The van der Waals surface area contributed by atoms with Gasteiger partial charge in [0.1, 0.15) is 30.3 Å². The van der Waals surface area contributed by atoms with E-state index in [0.29, 0.717) is 6.07 Å². The van der Waals surface area contributed by atoms with Crippen molar-refractivity contribution in [3.8, 4) is 11.5 Å². The van der Waals surface area contributed by atoms with E-state index in [-0.39, 0.29) is 29.0 Å². The molecule has 2 aromatic rings. The molecule has 1 atom stereocenters. The third-order valence-corrected chi connectivity index (χ3v) is 4.52. The van der Waals surface area contributed by atoms with Crippen molar-refractivity contribution < 1.29 is 41.9 Å². The molecule has 0 fully saturated rings. The van der Waals surface area contributed by atoms with Crippen LogP contribution >= 0.6 is 23.2 Å². The first-order valence-electron chi connectivity index (χ1n) is 9.14. The molecule has 8 nitrogen and oxygen atoms in total. The van der Waals surface area contributed by atoms with Gasteiger partial charge < -0.3 is 14.2 Å². The summed E-state index contributed by atoms with van der Waals surface area (Å²) in [4.78, 5) is 34.7. The third-order valence-electron chi connectivity index (χ3n) is 4.07. The highest BCUT2D eigenvalue weighted by Gasteiger charge is 2.31. The van der Waals surface area contributed by atoms with Crippen LogP contribution in [0.15, 0.2) is 36.4 Å². The second-order valence-electron chi connectivity index (χ2n) is 6.41. The van der Waals surface area contributed by atoms with Crippen LogP contribution in [0.4, 0.5) is 18.9 Å². The molecule has 178 valence electrons. The second-order valence-corrected chi connectivity index (χ2v) is 7.20. The fourth-order valence-electron chi connectivity index (χ4n) is 2.45. The van der Waals surface area contributed by atoms with Crippen LogP contribution < -0.4 is 4.74 Å². The Bertz CT molecular complexity index is 1050. The van der Waals surface area contributed by atoms with Gasteiger partial charge in [-0.2, -0.15) is 13.2 Å². The number of halogens is 5. The molecule has 0 aliphatic carbocycles. The summed E-state index contributed by atoms with van der Waals surface area (Å²) in [5, 5.41) is 10.9. The number of carbonyl (C=O) groups is 2. The van der Waals surface area contributed by atoms with Crippen LogP contribution in [0, 0.1) is 10.1 Å². The quantitative estimate of drug-likeness (QED) is 0.138. The lowest BCUT2D eigenvalue weighted by atomic mass is 10.1. The minimum absolute atomic E-state index is 0.0562. The van der Waals surface area contributed by atoms with Crippen LogP contribution in [0.3, 0.4) is 0 Å². The Balaban J connectivity index is 2.21. The van der Waals surface area contributed by atoms with Gasteiger partial charge >= 0.3 is 12.1 Å². The summed E-state index contributed by atoms with van der Waals surface area (Å²) >= 11 is 11.3. The summed E-state index contributed by atoms with van der Waals surface area (Å²) in [6.07, 6.45) is -5.75. The molecule has 0 heterocycles. The molecule has 33 heavy (non-hydrogen) atoms. The van der Waals surface area contributed by atoms with E-state index in [4.69, 9.17) is 37.4 Å². The smallest absolute Gasteiger partial charge is 0.416 e. The molecule has 2 rings (SSSR count). The first kappa shape index (κ1) is 26.4. The molecule has 1 unspecified atom stereocenters.